The van der Waals surface area contributed by atoms with Crippen LogP contribution in [-0.4, -0.2) is 67.0 Å². The summed E-state index contributed by atoms with van der Waals surface area (Å²) in [5.41, 5.74) is 3.19. The van der Waals surface area contributed by atoms with Crippen LogP contribution in [0, 0.1) is 11.3 Å². The third-order valence-electron chi connectivity index (χ3n) is 7.06. The minimum Gasteiger partial charge on any atom is -0.394 e. The minimum atomic E-state index is -1.22. The molecule has 2 aliphatic rings. The molecule has 208 valence electrons. The normalized spacial score (nSPS) is 22.2. The van der Waals surface area contributed by atoms with Crippen molar-refractivity contribution in [1.29, 1.82) is 5.26 Å². The van der Waals surface area contributed by atoms with E-state index in [4.69, 9.17) is 9.47 Å². The number of aromatic nitrogens is 1. The summed E-state index contributed by atoms with van der Waals surface area (Å²) in [6.07, 6.45) is 0.310. The van der Waals surface area contributed by atoms with Gasteiger partial charge in [-0.25, -0.2) is 4.98 Å². The number of fused-ring (bicyclic) bond motifs is 1. The maximum atomic E-state index is 12.8. The number of ether oxygens (including phenoxy) is 2. The largest absolute Gasteiger partial charge is 0.394 e. The van der Waals surface area contributed by atoms with E-state index in [2.05, 4.69) is 52.6 Å². The summed E-state index contributed by atoms with van der Waals surface area (Å²) in [5.74, 6) is -0.870. The smallest absolute Gasteiger partial charge is 0.251 e. The summed E-state index contributed by atoms with van der Waals surface area (Å²) in [7, 11) is 0. The fourth-order valence-corrected chi connectivity index (χ4v) is 5.84. The molecule has 1 fully saturated rings. The molecule has 1 unspecified atom stereocenters. The average molecular weight is 562 g/mol. The maximum Gasteiger partial charge on any atom is 0.251 e. The van der Waals surface area contributed by atoms with Gasteiger partial charge in [0.25, 0.3) is 5.91 Å². The van der Waals surface area contributed by atoms with Gasteiger partial charge in [0.05, 0.1) is 50.3 Å². The number of rotatable bonds is 7. The molecule has 3 aromatic rings. The third kappa shape index (κ3) is 5.85. The summed E-state index contributed by atoms with van der Waals surface area (Å²) in [6.45, 7) is 5.46. The molecule has 0 bridgehead atoms. The first-order chi connectivity index (χ1) is 19.3. The number of hydrogen-bond acceptors (Lipinski definition) is 9. The van der Waals surface area contributed by atoms with Crippen LogP contribution in [0.2, 0.25) is 0 Å². The van der Waals surface area contributed by atoms with Crippen molar-refractivity contribution in [2.24, 2.45) is 0 Å². The number of anilines is 2. The Morgan fingerprint density at radius 1 is 1.23 bits per heavy atom. The van der Waals surface area contributed by atoms with Crippen molar-refractivity contribution in [1.82, 2.24) is 10.3 Å². The van der Waals surface area contributed by atoms with Gasteiger partial charge >= 0.3 is 0 Å². The number of benzene rings is 2. The number of thiazole rings is 1. The Morgan fingerprint density at radius 3 is 2.77 bits per heavy atom. The Bertz CT molecular complexity index is 1440. The predicted molar refractivity (Wildman–Crippen MR) is 151 cm³/mol. The average Bonchev–Trinajstić information content (AvgIpc) is 3.43. The molecule has 5 rings (SSSR count). The van der Waals surface area contributed by atoms with E-state index in [1.807, 2.05) is 17.5 Å². The molecule has 0 radical (unpaired) electrons. The first-order valence-electron chi connectivity index (χ1n) is 13.1. The van der Waals surface area contributed by atoms with E-state index in [0.29, 0.717) is 22.9 Å². The van der Waals surface area contributed by atoms with Gasteiger partial charge in [-0.15, -0.1) is 11.3 Å². The Kier molecular flexibility index (Phi) is 8.14. The standard InChI is InChI=1S/C29H31N5O5S/c1-18-11-34(12-19(2)39-18)23-5-3-4-20(8-23)25-14-40-28(32-25)33-26(36)10-31-27(37)21-6-7-22-13-38-17-29(15-30,16-35)24(22)9-21/h3-9,14,18-19,35H,10-13,16-17H2,1-2H3,(H,31,37)(H,32,33,36)/t18-,19+,29?. The second kappa shape index (κ2) is 11.7. The fourth-order valence-electron chi connectivity index (χ4n) is 5.10. The molecular weight excluding hydrogens is 530 g/mol. The summed E-state index contributed by atoms with van der Waals surface area (Å²) >= 11 is 1.31. The number of nitrogens with zero attached hydrogens (tertiary/aromatic N) is 3. The molecule has 0 aliphatic carbocycles. The van der Waals surface area contributed by atoms with Gasteiger partial charge in [0.15, 0.2) is 5.13 Å². The number of nitriles is 1. The quantitative estimate of drug-likeness (QED) is 0.400. The Labute approximate surface area is 236 Å². The number of carbonyl (C=O) groups is 2. The van der Waals surface area contributed by atoms with Crippen LogP contribution in [0.3, 0.4) is 0 Å². The number of amides is 2. The molecule has 10 nitrogen and oxygen atoms in total. The molecule has 2 amide bonds. The summed E-state index contributed by atoms with van der Waals surface area (Å²) in [6, 6.07) is 15.2. The SMILES string of the molecule is C[C@@H]1CN(c2cccc(-c3csc(NC(=O)CNC(=O)c4ccc5c(c4)C(C#N)(CO)COC5)n3)c2)C[C@H](C)O1. The lowest BCUT2D eigenvalue weighted by molar-refractivity contribution is -0.115. The van der Waals surface area contributed by atoms with Crippen LogP contribution in [0.1, 0.15) is 35.3 Å². The highest BCUT2D eigenvalue weighted by Crippen LogP contribution is 2.33. The zero-order valence-electron chi connectivity index (χ0n) is 22.3. The van der Waals surface area contributed by atoms with Crippen molar-refractivity contribution in [3.05, 3.63) is 64.5 Å². The van der Waals surface area contributed by atoms with Crippen LogP contribution >= 0.6 is 11.3 Å². The van der Waals surface area contributed by atoms with Crippen LogP contribution in [0.5, 0.6) is 0 Å². The molecule has 0 saturated carbocycles. The number of aliphatic hydroxyl groups excluding tert-OH is 1. The van der Waals surface area contributed by atoms with Crippen LogP contribution in [-0.2, 0) is 26.3 Å². The summed E-state index contributed by atoms with van der Waals surface area (Å²) in [4.78, 5) is 32.2. The van der Waals surface area contributed by atoms with Gasteiger partial charge in [-0.2, -0.15) is 5.26 Å². The topological polar surface area (TPSA) is 137 Å². The molecule has 11 heteroatoms. The Morgan fingerprint density at radius 2 is 2.02 bits per heavy atom. The lowest BCUT2D eigenvalue weighted by Crippen LogP contribution is -2.45. The molecule has 1 saturated heterocycles. The van der Waals surface area contributed by atoms with E-state index in [9.17, 15) is 20.0 Å². The number of aliphatic hydroxyl groups is 1. The van der Waals surface area contributed by atoms with Crippen molar-refractivity contribution in [3.8, 4) is 17.3 Å². The van der Waals surface area contributed by atoms with E-state index < -0.39 is 23.8 Å². The van der Waals surface area contributed by atoms with E-state index in [1.54, 1.807) is 18.2 Å². The van der Waals surface area contributed by atoms with Gasteiger partial charge in [-0.3, -0.25) is 9.59 Å². The molecule has 3 N–H and O–H groups in total. The van der Waals surface area contributed by atoms with Gasteiger partial charge in [0.2, 0.25) is 5.91 Å². The second-order valence-corrected chi connectivity index (χ2v) is 11.1. The number of morpholine rings is 1. The van der Waals surface area contributed by atoms with Crippen molar-refractivity contribution in [2.75, 3.05) is 43.1 Å². The molecule has 2 aliphatic heterocycles. The van der Waals surface area contributed by atoms with Crippen molar-refractivity contribution in [2.45, 2.75) is 38.1 Å². The highest BCUT2D eigenvalue weighted by molar-refractivity contribution is 7.14. The van der Waals surface area contributed by atoms with Gasteiger partial charge in [0.1, 0.15) is 5.41 Å². The van der Waals surface area contributed by atoms with Crippen molar-refractivity contribution < 1.29 is 24.2 Å². The highest BCUT2D eigenvalue weighted by atomic mass is 32.1. The van der Waals surface area contributed by atoms with Crippen LogP contribution in [0.15, 0.2) is 47.8 Å². The first-order valence-corrected chi connectivity index (χ1v) is 14.0. The third-order valence-corrected chi connectivity index (χ3v) is 7.82. The van der Waals surface area contributed by atoms with E-state index >= 15 is 0 Å². The maximum absolute atomic E-state index is 12.8. The number of carbonyl (C=O) groups excluding carboxylic acids is 2. The number of nitrogens with one attached hydrogen (secondary N) is 2. The van der Waals surface area contributed by atoms with Crippen LogP contribution in [0.4, 0.5) is 10.8 Å². The van der Waals surface area contributed by atoms with Crippen LogP contribution < -0.4 is 15.5 Å². The zero-order valence-corrected chi connectivity index (χ0v) is 23.2. The lowest BCUT2D eigenvalue weighted by atomic mass is 9.78. The van der Waals surface area contributed by atoms with Crippen LogP contribution in [0.25, 0.3) is 11.3 Å². The summed E-state index contributed by atoms with van der Waals surface area (Å²) in [5, 5.41) is 27.2. The second-order valence-electron chi connectivity index (χ2n) is 10.2. The summed E-state index contributed by atoms with van der Waals surface area (Å²) < 4.78 is 11.3. The molecular formula is C29H31N5O5S. The van der Waals surface area contributed by atoms with E-state index in [1.165, 1.54) is 11.3 Å². The fraction of sp³-hybridized carbons (Fsp3) is 0.379. The van der Waals surface area contributed by atoms with Gasteiger partial charge < -0.3 is 30.1 Å². The van der Waals surface area contributed by atoms with Gasteiger partial charge in [0, 0.05) is 35.3 Å². The monoisotopic (exact) mass is 561 g/mol. The Hall–Kier alpha value is -3.82. The molecule has 40 heavy (non-hydrogen) atoms. The molecule has 3 heterocycles. The molecule has 3 atom stereocenters. The highest BCUT2D eigenvalue weighted by Gasteiger charge is 2.38. The molecule has 2 aromatic carbocycles. The van der Waals surface area contributed by atoms with Crippen molar-refractivity contribution >= 4 is 34.0 Å². The molecule has 0 spiro atoms. The number of hydrogen-bond donors (Lipinski definition) is 3. The lowest BCUT2D eigenvalue weighted by Gasteiger charge is -2.37. The van der Waals surface area contributed by atoms with Crippen molar-refractivity contribution in [3.63, 3.8) is 0 Å². The first kappa shape index (κ1) is 27.7. The molecule has 1 aromatic heterocycles. The zero-order chi connectivity index (χ0) is 28.3. The Balaban J connectivity index is 1.20. The van der Waals surface area contributed by atoms with E-state index in [0.717, 1.165) is 35.6 Å². The van der Waals surface area contributed by atoms with Gasteiger partial charge in [-0.05, 0) is 49.2 Å². The van der Waals surface area contributed by atoms with E-state index in [-0.39, 0.29) is 25.4 Å². The van der Waals surface area contributed by atoms with Gasteiger partial charge in [-0.1, -0.05) is 18.2 Å². The predicted octanol–water partition coefficient (Wildman–Crippen LogP) is 3.08. The minimum absolute atomic E-state index is 0.0478.